The van der Waals surface area contributed by atoms with Crippen molar-refractivity contribution in [3.05, 3.63) is 182 Å². The van der Waals surface area contributed by atoms with Gasteiger partial charge in [0.15, 0.2) is 6.10 Å². The van der Waals surface area contributed by atoms with Gasteiger partial charge in [-0.25, -0.2) is 0 Å². The first-order valence-electron chi connectivity index (χ1n) is 28.3. The molecule has 0 aliphatic rings. The lowest BCUT2D eigenvalue weighted by Gasteiger charge is -2.18. The average molecular weight is 1000 g/mol. The van der Waals surface area contributed by atoms with Crippen LogP contribution in [-0.4, -0.2) is 37.2 Å². The van der Waals surface area contributed by atoms with E-state index in [1.54, 1.807) is 0 Å². The van der Waals surface area contributed by atoms with Crippen LogP contribution in [0.15, 0.2) is 182 Å². The molecule has 1 unspecified atom stereocenters. The Labute approximate surface area is 446 Å². The van der Waals surface area contributed by atoms with Crippen molar-refractivity contribution in [2.75, 3.05) is 13.2 Å². The molecule has 0 N–H and O–H groups in total. The van der Waals surface area contributed by atoms with Gasteiger partial charge in [0, 0.05) is 19.3 Å². The van der Waals surface area contributed by atoms with Crippen LogP contribution in [0.2, 0.25) is 0 Å². The minimum Gasteiger partial charge on any atom is -0.462 e. The van der Waals surface area contributed by atoms with Crippen molar-refractivity contribution >= 4 is 17.9 Å². The van der Waals surface area contributed by atoms with Gasteiger partial charge in [-0.3, -0.25) is 14.4 Å². The summed E-state index contributed by atoms with van der Waals surface area (Å²) in [5.74, 6) is -1.14. The van der Waals surface area contributed by atoms with E-state index in [9.17, 15) is 14.4 Å². The zero-order chi connectivity index (χ0) is 52.9. The van der Waals surface area contributed by atoms with Crippen LogP contribution < -0.4 is 0 Å². The third-order valence-electron chi connectivity index (χ3n) is 10.9. The number of rotatable bonds is 48. The van der Waals surface area contributed by atoms with Crippen molar-refractivity contribution in [2.45, 2.75) is 207 Å². The van der Waals surface area contributed by atoms with Crippen LogP contribution in [0.25, 0.3) is 0 Å². The first-order valence-corrected chi connectivity index (χ1v) is 28.3. The Morgan fingerprint density at radius 2 is 0.521 bits per heavy atom. The largest absolute Gasteiger partial charge is 0.462 e. The summed E-state index contributed by atoms with van der Waals surface area (Å²) in [7, 11) is 0. The van der Waals surface area contributed by atoms with Gasteiger partial charge in [0.25, 0.3) is 0 Å². The second-order valence-corrected chi connectivity index (χ2v) is 17.7. The molecule has 0 radical (unpaired) electrons. The molecular weight excluding hydrogens is 901 g/mol. The Balaban J connectivity index is 4.68. The van der Waals surface area contributed by atoms with Crippen molar-refractivity contribution in [3.8, 4) is 0 Å². The zero-order valence-electron chi connectivity index (χ0n) is 46.1. The maximum absolute atomic E-state index is 12.8. The van der Waals surface area contributed by atoms with E-state index < -0.39 is 12.1 Å². The summed E-state index contributed by atoms with van der Waals surface area (Å²) in [6, 6.07) is 0. The normalized spacial score (nSPS) is 13.5. The number of esters is 3. The highest BCUT2D eigenvalue weighted by atomic mass is 16.6. The number of ether oxygens (including phenoxy) is 3. The molecule has 0 aliphatic carbocycles. The summed E-state index contributed by atoms with van der Waals surface area (Å²) in [5.41, 5.74) is 0. The smallest absolute Gasteiger partial charge is 0.306 e. The van der Waals surface area contributed by atoms with Crippen molar-refractivity contribution in [3.63, 3.8) is 0 Å². The average Bonchev–Trinajstić information content (AvgIpc) is 3.39. The highest BCUT2D eigenvalue weighted by molar-refractivity contribution is 5.71. The SMILES string of the molecule is CC/C=C\C/C=C\C/C=C\C/C=C\C/C=C\C/C=C\CCC(=O)OCC(COC(=O)CCCCCCCCC/C=C\C/C=C\C/C=C\CC)OC(=O)CC/C=C\C/C=C\C/C=C\C/C=C\C/C=C\C/C=C\CC. The number of hydrogen-bond acceptors (Lipinski definition) is 6. The van der Waals surface area contributed by atoms with Crippen LogP contribution in [-0.2, 0) is 28.6 Å². The van der Waals surface area contributed by atoms with E-state index in [1.165, 1.54) is 19.3 Å². The number of hydrogen-bond donors (Lipinski definition) is 0. The molecule has 404 valence electrons. The quantitative estimate of drug-likeness (QED) is 0.0262. The van der Waals surface area contributed by atoms with Crippen molar-refractivity contribution < 1.29 is 28.6 Å². The summed E-state index contributed by atoms with van der Waals surface area (Å²) in [6.07, 6.45) is 89.0. The molecule has 0 bridgehead atoms. The molecule has 0 spiro atoms. The molecule has 0 saturated carbocycles. The Morgan fingerprint density at radius 3 is 0.849 bits per heavy atom. The van der Waals surface area contributed by atoms with Gasteiger partial charge < -0.3 is 14.2 Å². The van der Waals surface area contributed by atoms with Gasteiger partial charge in [-0.15, -0.1) is 0 Å². The molecular formula is C67H100O6. The van der Waals surface area contributed by atoms with Gasteiger partial charge in [-0.1, -0.05) is 235 Å². The number of allylic oxidation sites excluding steroid dienone is 30. The summed E-state index contributed by atoms with van der Waals surface area (Å²) >= 11 is 0. The predicted molar refractivity (Wildman–Crippen MR) is 315 cm³/mol. The fourth-order valence-electron chi connectivity index (χ4n) is 6.80. The molecule has 0 aromatic rings. The minimum atomic E-state index is -0.865. The third kappa shape index (κ3) is 57.3. The Morgan fingerprint density at radius 1 is 0.274 bits per heavy atom. The van der Waals surface area contributed by atoms with Crippen molar-refractivity contribution in [2.24, 2.45) is 0 Å². The van der Waals surface area contributed by atoms with Gasteiger partial charge >= 0.3 is 17.9 Å². The van der Waals surface area contributed by atoms with Crippen LogP contribution in [0, 0.1) is 0 Å². The highest BCUT2D eigenvalue weighted by Crippen LogP contribution is 2.12. The summed E-state index contributed by atoms with van der Waals surface area (Å²) in [6.45, 7) is 6.14. The summed E-state index contributed by atoms with van der Waals surface area (Å²) < 4.78 is 16.7. The molecule has 1 atom stereocenters. The van der Waals surface area contributed by atoms with Gasteiger partial charge in [0.2, 0.25) is 0 Å². The molecule has 0 rings (SSSR count). The lowest BCUT2D eigenvalue weighted by Crippen LogP contribution is -2.30. The summed E-state index contributed by atoms with van der Waals surface area (Å²) in [4.78, 5) is 38.1. The topological polar surface area (TPSA) is 78.9 Å². The number of unbranched alkanes of at least 4 members (excludes halogenated alkanes) is 7. The van der Waals surface area contributed by atoms with E-state index in [-0.39, 0.29) is 38.0 Å². The van der Waals surface area contributed by atoms with Crippen LogP contribution in [0.4, 0.5) is 0 Å². The van der Waals surface area contributed by atoms with E-state index in [2.05, 4.69) is 179 Å². The second kappa shape index (κ2) is 59.1. The molecule has 0 fully saturated rings. The van der Waals surface area contributed by atoms with Crippen molar-refractivity contribution in [1.82, 2.24) is 0 Å². The number of carbonyl (C=O) groups is 3. The van der Waals surface area contributed by atoms with E-state index in [0.717, 1.165) is 128 Å². The van der Waals surface area contributed by atoms with Crippen LogP contribution >= 0.6 is 0 Å². The Bertz CT molecular complexity index is 1770. The Kier molecular flexibility index (Phi) is 54.6. The molecule has 6 heteroatoms. The van der Waals surface area contributed by atoms with E-state index in [4.69, 9.17) is 14.2 Å². The highest BCUT2D eigenvalue weighted by Gasteiger charge is 2.19. The first-order chi connectivity index (χ1) is 36.0. The fraction of sp³-hybridized carbons (Fsp3) is 0.507. The fourth-order valence-corrected chi connectivity index (χ4v) is 6.80. The number of carbonyl (C=O) groups excluding carboxylic acids is 3. The standard InChI is InChI=1S/C67H100O6/c1-4-7-10-13-16-19-22-25-28-31-33-36-39-42-45-48-51-54-57-60-66(69)72-63-64(62-71-65(68)59-56-53-50-47-44-41-38-35-30-27-24-21-18-15-12-9-6-3)73-67(70)61-58-55-52-49-46-43-40-37-34-32-29-26-23-20-17-14-11-8-5-2/h7-12,16-21,25-30,33-34,36-37,42-43,45-46,51-52,54-55,64H,4-6,13-15,22-24,31-32,35,38-41,44,47-50,53,56-63H2,1-3H3/b10-7-,11-8-,12-9-,19-16-,20-17-,21-18-,28-25-,29-26-,30-27-,36-33-,37-34-,45-42-,46-43-,54-51-,55-52-. The molecule has 0 heterocycles. The molecule has 0 aromatic heterocycles. The molecule has 0 aliphatic heterocycles. The second-order valence-electron chi connectivity index (χ2n) is 17.7. The zero-order valence-corrected chi connectivity index (χ0v) is 46.1. The maximum Gasteiger partial charge on any atom is 0.306 e. The maximum atomic E-state index is 12.8. The van der Waals surface area contributed by atoms with Crippen LogP contribution in [0.3, 0.4) is 0 Å². The molecule has 0 saturated heterocycles. The minimum absolute atomic E-state index is 0.147. The van der Waals surface area contributed by atoms with Crippen molar-refractivity contribution in [1.29, 1.82) is 0 Å². The lowest BCUT2D eigenvalue weighted by atomic mass is 10.1. The molecule has 6 nitrogen and oxygen atoms in total. The lowest BCUT2D eigenvalue weighted by molar-refractivity contribution is -0.166. The van der Waals surface area contributed by atoms with Gasteiger partial charge in [0.1, 0.15) is 13.2 Å². The molecule has 73 heavy (non-hydrogen) atoms. The molecule has 0 aromatic carbocycles. The first kappa shape index (κ1) is 67.5. The van der Waals surface area contributed by atoms with Gasteiger partial charge in [-0.05, 0) is 128 Å². The third-order valence-corrected chi connectivity index (χ3v) is 10.9. The van der Waals surface area contributed by atoms with E-state index in [0.29, 0.717) is 19.3 Å². The van der Waals surface area contributed by atoms with Gasteiger partial charge in [-0.2, -0.15) is 0 Å². The monoisotopic (exact) mass is 1000 g/mol. The van der Waals surface area contributed by atoms with Crippen LogP contribution in [0.1, 0.15) is 201 Å². The Hall–Kier alpha value is -5.49. The van der Waals surface area contributed by atoms with E-state index in [1.807, 2.05) is 24.3 Å². The van der Waals surface area contributed by atoms with E-state index >= 15 is 0 Å². The summed E-state index contributed by atoms with van der Waals surface area (Å²) in [5, 5.41) is 0. The van der Waals surface area contributed by atoms with Gasteiger partial charge in [0.05, 0.1) is 0 Å². The van der Waals surface area contributed by atoms with Crippen LogP contribution in [0.5, 0.6) is 0 Å². The molecule has 0 amide bonds. The predicted octanol–water partition coefficient (Wildman–Crippen LogP) is 19.3.